The quantitative estimate of drug-likeness (QED) is 0.492. The van der Waals surface area contributed by atoms with Crippen LogP contribution in [-0.2, 0) is 6.42 Å². The minimum absolute atomic E-state index is 0.135. The fourth-order valence-corrected chi connectivity index (χ4v) is 2.24. The molecule has 3 rings (SSSR count). The Morgan fingerprint density at radius 2 is 1.65 bits per heavy atom. The zero-order valence-corrected chi connectivity index (χ0v) is 10.7. The Morgan fingerprint density at radius 3 is 2.40 bits per heavy atom. The highest BCUT2D eigenvalue weighted by atomic mass is 16.3. The van der Waals surface area contributed by atoms with E-state index in [1.807, 2.05) is 30.3 Å². The number of hydrogen-bond acceptors (Lipinski definition) is 4. The maximum atomic E-state index is 9.65. The molecule has 0 atom stereocenters. The lowest BCUT2D eigenvalue weighted by Gasteiger charge is -2.08. The van der Waals surface area contributed by atoms with Crippen molar-refractivity contribution in [1.29, 1.82) is 0 Å². The Hall–Kier alpha value is -2.75. The van der Waals surface area contributed by atoms with E-state index in [-0.39, 0.29) is 11.5 Å². The fourth-order valence-electron chi connectivity index (χ4n) is 2.24. The number of benzene rings is 2. The van der Waals surface area contributed by atoms with Crippen molar-refractivity contribution in [3.63, 3.8) is 0 Å². The average Bonchev–Trinajstić information content (AvgIpc) is 2.43. The first-order valence-electron chi connectivity index (χ1n) is 6.27. The van der Waals surface area contributed by atoms with Gasteiger partial charge in [-0.05, 0) is 41.8 Å². The van der Waals surface area contributed by atoms with Crippen LogP contribution >= 0.6 is 0 Å². The Labute approximate surface area is 116 Å². The predicted octanol–water partition coefficient (Wildman–Crippen LogP) is 2.82. The third-order valence-electron chi connectivity index (χ3n) is 3.30. The second-order valence-corrected chi connectivity index (χ2v) is 4.75. The van der Waals surface area contributed by atoms with Crippen molar-refractivity contribution < 1.29 is 10.2 Å². The van der Waals surface area contributed by atoms with E-state index < -0.39 is 0 Å². The first-order chi connectivity index (χ1) is 9.63. The van der Waals surface area contributed by atoms with E-state index >= 15 is 0 Å². The molecule has 1 aromatic heterocycles. The number of nitrogens with two attached hydrogens (primary N) is 1. The normalized spacial score (nSPS) is 10.8. The van der Waals surface area contributed by atoms with Gasteiger partial charge in [-0.1, -0.05) is 12.1 Å². The summed E-state index contributed by atoms with van der Waals surface area (Å²) >= 11 is 0. The molecule has 2 aromatic carbocycles. The smallest absolute Gasteiger partial charge is 0.159 e. The van der Waals surface area contributed by atoms with Crippen LogP contribution in [0.15, 0.2) is 48.7 Å². The number of aromatic hydroxyl groups is 2. The van der Waals surface area contributed by atoms with Gasteiger partial charge in [-0.15, -0.1) is 0 Å². The van der Waals surface area contributed by atoms with Crippen LogP contribution in [0.1, 0.15) is 11.1 Å². The Morgan fingerprint density at radius 1 is 0.950 bits per heavy atom. The molecule has 1 heterocycles. The Bertz CT molecular complexity index is 767. The summed E-state index contributed by atoms with van der Waals surface area (Å²) in [5.41, 5.74) is 9.23. The average molecular weight is 266 g/mol. The van der Waals surface area contributed by atoms with Crippen molar-refractivity contribution in [2.45, 2.75) is 6.42 Å². The van der Waals surface area contributed by atoms with Gasteiger partial charge >= 0.3 is 0 Å². The number of phenolic OH excluding ortho intramolecular Hbond substituents is 2. The molecule has 0 unspecified atom stereocenters. The van der Waals surface area contributed by atoms with Gasteiger partial charge in [0.15, 0.2) is 11.5 Å². The molecule has 20 heavy (non-hydrogen) atoms. The van der Waals surface area contributed by atoms with Gasteiger partial charge in [0.1, 0.15) is 0 Å². The lowest BCUT2D eigenvalue weighted by Crippen LogP contribution is -1.92. The standard InChI is InChI=1S/C16H14N2O2/c17-12-3-1-10(2-4-12)7-11-5-6-18-14-9-16(20)15(19)8-13(11)14/h1-6,8-9,19-20H,7,17H2. The van der Waals surface area contributed by atoms with Crippen LogP contribution in [0, 0.1) is 0 Å². The number of nitrogen functional groups attached to an aromatic ring is 1. The zero-order chi connectivity index (χ0) is 14.1. The number of anilines is 1. The molecule has 0 amide bonds. The lowest BCUT2D eigenvalue weighted by molar-refractivity contribution is 0.405. The third kappa shape index (κ3) is 2.23. The highest BCUT2D eigenvalue weighted by Gasteiger charge is 2.07. The topological polar surface area (TPSA) is 79.4 Å². The molecule has 4 N–H and O–H groups in total. The fraction of sp³-hybridized carbons (Fsp3) is 0.0625. The number of rotatable bonds is 2. The molecule has 0 aliphatic heterocycles. The molecule has 3 aromatic rings. The minimum atomic E-state index is -0.158. The summed E-state index contributed by atoms with van der Waals surface area (Å²) in [4.78, 5) is 4.21. The maximum Gasteiger partial charge on any atom is 0.159 e. The molecule has 0 spiro atoms. The van der Waals surface area contributed by atoms with Gasteiger partial charge in [0.05, 0.1) is 5.52 Å². The van der Waals surface area contributed by atoms with Gasteiger partial charge in [0, 0.05) is 23.3 Å². The van der Waals surface area contributed by atoms with Gasteiger partial charge in [0.25, 0.3) is 0 Å². The molecule has 4 nitrogen and oxygen atoms in total. The number of fused-ring (bicyclic) bond motifs is 1. The van der Waals surface area contributed by atoms with Crippen molar-refractivity contribution in [2.75, 3.05) is 5.73 Å². The molecule has 0 saturated heterocycles. The first-order valence-corrected chi connectivity index (χ1v) is 6.27. The predicted molar refractivity (Wildman–Crippen MR) is 78.7 cm³/mol. The van der Waals surface area contributed by atoms with Gasteiger partial charge in [-0.3, -0.25) is 4.98 Å². The van der Waals surface area contributed by atoms with E-state index in [1.54, 1.807) is 12.3 Å². The summed E-state index contributed by atoms with van der Waals surface area (Å²) < 4.78 is 0. The van der Waals surface area contributed by atoms with Gasteiger partial charge < -0.3 is 15.9 Å². The first kappa shape index (κ1) is 12.3. The lowest BCUT2D eigenvalue weighted by atomic mass is 10.0. The van der Waals surface area contributed by atoms with Crippen LogP contribution in [-0.4, -0.2) is 15.2 Å². The van der Waals surface area contributed by atoms with Crippen molar-refractivity contribution in [3.05, 3.63) is 59.8 Å². The van der Waals surface area contributed by atoms with E-state index in [0.717, 1.165) is 22.2 Å². The molecule has 0 fully saturated rings. The van der Waals surface area contributed by atoms with Crippen LogP contribution in [0.5, 0.6) is 11.5 Å². The molecule has 100 valence electrons. The molecule has 0 aliphatic rings. The van der Waals surface area contributed by atoms with Crippen LogP contribution in [0.3, 0.4) is 0 Å². The molecule has 0 saturated carbocycles. The summed E-state index contributed by atoms with van der Waals surface area (Å²) in [5, 5.41) is 20.0. The van der Waals surface area contributed by atoms with Gasteiger partial charge in [-0.2, -0.15) is 0 Å². The summed E-state index contributed by atoms with van der Waals surface area (Å²) in [7, 11) is 0. The van der Waals surface area contributed by atoms with Gasteiger partial charge in [-0.25, -0.2) is 0 Å². The van der Waals surface area contributed by atoms with Crippen LogP contribution in [0.25, 0.3) is 10.9 Å². The van der Waals surface area contributed by atoms with E-state index in [2.05, 4.69) is 4.98 Å². The molecule has 0 bridgehead atoms. The largest absolute Gasteiger partial charge is 0.504 e. The maximum absolute atomic E-state index is 9.65. The number of aromatic nitrogens is 1. The highest BCUT2D eigenvalue weighted by molar-refractivity contribution is 5.85. The molecule has 4 heteroatoms. The number of phenols is 2. The van der Waals surface area contributed by atoms with Crippen molar-refractivity contribution in [3.8, 4) is 11.5 Å². The summed E-state index contributed by atoms with van der Waals surface area (Å²) in [6.07, 6.45) is 2.41. The number of pyridine rings is 1. The summed E-state index contributed by atoms with van der Waals surface area (Å²) in [6.45, 7) is 0. The molecule has 0 radical (unpaired) electrons. The van der Waals surface area contributed by atoms with Crippen molar-refractivity contribution >= 4 is 16.6 Å². The van der Waals surface area contributed by atoms with E-state index in [9.17, 15) is 10.2 Å². The second kappa shape index (κ2) is 4.74. The van der Waals surface area contributed by atoms with Crippen molar-refractivity contribution in [1.82, 2.24) is 4.98 Å². The highest BCUT2D eigenvalue weighted by Crippen LogP contribution is 2.31. The molecular formula is C16H14N2O2. The summed E-state index contributed by atoms with van der Waals surface area (Å²) in [6, 6.07) is 12.6. The van der Waals surface area contributed by atoms with Crippen LogP contribution in [0.2, 0.25) is 0 Å². The minimum Gasteiger partial charge on any atom is -0.504 e. The van der Waals surface area contributed by atoms with Crippen LogP contribution in [0.4, 0.5) is 5.69 Å². The van der Waals surface area contributed by atoms with E-state index in [4.69, 9.17) is 5.73 Å². The molecular weight excluding hydrogens is 252 g/mol. The van der Waals surface area contributed by atoms with Crippen molar-refractivity contribution in [2.24, 2.45) is 0 Å². The Balaban J connectivity index is 2.07. The number of nitrogens with zero attached hydrogens (tertiary/aromatic N) is 1. The monoisotopic (exact) mass is 266 g/mol. The van der Waals surface area contributed by atoms with Gasteiger partial charge in [0.2, 0.25) is 0 Å². The second-order valence-electron chi connectivity index (χ2n) is 4.75. The summed E-state index contributed by atoms with van der Waals surface area (Å²) in [5.74, 6) is -0.293. The van der Waals surface area contributed by atoms with Crippen LogP contribution < -0.4 is 5.73 Å². The Kier molecular flexibility index (Phi) is 2.91. The third-order valence-corrected chi connectivity index (χ3v) is 3.30. The zero-order valence-electron chi connectivity index (χ0n) is 10.7. The molecule has 0 aliphatic carbocycles. The van der Waals surface area contributed by atoms with E-state index in [1.165, 1.54) is 6.07 Å². The van der Waals surface area contributed by atoms with E-state index in [0.29, 0.717) is 11.9 Å². The number of hydrogen-bond donors (Lipinski definition) is 3. The SMILES string of the molecule is Nc1ccc(Cc2ccnc3cc(O)c(O)cc23)cc1.